The average Bonchev–Trinajstić information content (AvgIpc) is 2.52. The van der Waals surface area contributed by atoms with Crippen molar-refractivity contribution in [3.05, 3.63) is 11.8 Å². The van der Waals surface area contributed by atoms with E-state index in [1.807, 2.05) is 0 Å². The molecular weight excluding hydrogens is 427 g/mol. The van der Waals surface area contributed by atoms with Crippen LogP contribution in [0.5, 0.6) is 0 Å². The zero-order valence-electron chi connectivity index (χ0n) is 13.1. The Kier molecular flexibility index (Phi) is 6.10. The molecule has 158 valence electrons. The first kappa shape index (κ1) is 23.4. The van der Waals surface area contributed by atoms with E-state index in [4.69, 9.17) is 0 Å². The van der Waals surface area contributed by atoms with Gasteiger partial charge in [0.05, 0.1) is 13.0 Å². The van der Waals surface area contributed by atoms with Gasteiger partial charge in [-0.3, -0.25) is 4.79 Å². The van der Waals surface area contributed by atoms with Gasteiger partial charge in [-0.05, 0) is 18.9 Å². The van der Waals surface area contributed by atoms with Gasteiger partial charge in [-0.15, -0.1) is 0 Å². The molecule has 0 aliphatic heterocycles. The topological polar surface area (TPSA) is 69.7 Å². The third-order valence-electron chi connectivity index (χ3n) is 3.55. The largest absolute Gasteiger partial charge is 0.469 e. The molecule has 1 unspecified atom stereocenters. The van der Waals surface area contributed by atoms with Crippen LogP contribution >= 0.6 is 0 Å². The summed E-state index contributed by atoms with van der Waals surface area (Å²) in [6.45, 7) is 0. The second-order valence-electron chi connectivity index (χ2n) is 5.37. The molecule has 0 amide bonds. The molecule has 0 aromatic heterocycles. The van der Waals surface area contributed by atoms with E-state index in [0.717, 1.165) is 13.2 Å². The number of carbonyl (C=O) groups is 1. The molecule has 15 heteroatoms. The number of allylic oxidation sites excluding steroid dienone is 2. The van der Waals surface area contributed by atoms with Crippen LogP contribution in [0.1, 0.15) is 19.3 Å². The number of methoxy groups -OCH3 is 1. The van der Waals surface area contributed by atoms with Crippen LogP contribution in [0, 0.1) is 5.92 Å². The summed E-state index contributed by atoms with van der Waals surface area (Å²) >= 11 is 0. The van der Waals surface area contributed by atoms with Gasteiger partial charge in [0.1, 0.15) is 5.76 Å². The molecule has 1 rings (SSSR count). The number of halogens is 9. The summed E-state index contributed by atoms with van der Waals surface area (Å²) in [5, 5.41) is -6.92. The van der Waals surface area contributed by atoms with Gasteiger partial charge in [-0.25, -0.2) is 0 Å². The Balaban J connectivity index is 3.13. The fourth-order valence-corrected chi connectivity index (χ4v) is 2.96. The van der Waals surface area contributed by atoms with Crippen LogP contribution in [0.25, 0.3) is 0 Å². The highest BCUT2D eigenvalue weighted by Crippen LogP contribution is 2.55. The molecule has 0 fully saturated rings. The minimum Gasteiger partial charge on any atom is -0.469 e. The monoisotopic (exact) mass is 438 g/mol. The summed E-state index contributed by atoms with van der Waals surface area (Å²) in [5.41, 5.74) is 0. The minimum absolute atomic E-state index is 0.227. The van der Waals surface area contributed by atoms with Gasteiger partial charge in [-0.1, -0.05) is 0 Å². The van der Waals surface area contributed by atoms with E-state index >= 15 is 0 Å². The van der Waals surface area contributed by atoms with Crippen molar-refractivity contribution in [1.29, 1.82) is 0 Å². The first-order valence-electron chi connectivity index (χ1n) is 6.83. The van der Waals surface area contributed by atoms with E-state index in [9.17, 15) is 52.7 Å². The molecule has 27 heavy (non-hydrogen) atoms. The average molecular weight is 438 g/mol. The normalized spacial score (nSPS) is 20.1. The summed E-state index contributed by atoms with van der Waals surface area (Å²) < 4.78 is 145. The number of ether oxygens (including phenoxy) is 1. The molecular formula is C12H11F9O5S. The molecule has 0 saturated heterocycles. The van der Waals surface area contributed by atoms with Gasteiger partial charge in [0.2, 0.25) is 0 Å². The summed E-state index contributed by atoms with van der Waals surface area (Å²) in [7, 11) is -5.93. The maximum absolute atomic E-state index is 13.5. The molecule has 0 aromatic carbocycles. The summed E-state index contributed by atoms with van der Waals surface area (Å²) in [6, 6.07) is 0. The number of rotatable bonds is 6. The Morgan fingerprint density at radius 2 is 1.56 bits per heavy atom. The van der Waals surface area contributed by atoms with Crippen LogP contribution in [-0.4, -0.2) is 44.8 Å². The zero-order valence-corrected chi connectivity index (χ0v) is 13.9. The molecule has 0 N–H and O–H groups in total. The lowest BCUT2D eigenvalue weighted by atomic mass is 9.93. The van der Waals surface area contributed by atoms with Crippen molar-refractivity contribution in [1.82, 2.24) is 0 Å². The third kappa shape index (κ3) is 3.96. The molecule has 0 spiro atoms. The van der Waals surface area contributed by atoms with Crippen LogP contribution in [0.4, 0.5) is 39.5 Å². The van der Waals surface area contributed by atoms with E-state index < -0.39 is 57.5 Å². The highest BCUT2D eigenvalue weighted by Gasteiger charge is 2.86. The Bertz CT molecular complexity index is 711. The Labute approximate surface area is 146 Å². The van der Waals surface area contributed by atoms with E-state index in [1.54, 1.807) is 0 Å². The zero-order chi connectivity index (χ0) is 21.5. The predicted octanol–water partition coefficient (Wildman–Crippen LogP) is 3.62. The second kappa shape index (κ2) is 7.05. The van der Waals surface area contributed by atoms with E-state index in [2.05, 4.69) is 8.92 Å². The highest BCUT2D eigenvalue weighted by atomic mass is 32.2. The van der Waals surface area contributed by atoms with Crippen molar-refractivity contribution in [2.24, 2.45) is 5.92 Å². The smallest absolute Gasteiger partial charge is 0.460 e. The van der Waals surface area contributed by atoms with Crippen LogP contribution in [0.3, 0.4) is 0 Å². The summed E-state index contributed by atoms with van der Waals surface area (Å²) in [5.74, 6) is -17.2. The highest BCUT2D eigenvalue weighted by molar-refractivity contribution is 7.88. The van der Waals surface area contributed by atoms with Gasteiger partial charge < -0.3 is 8.92 Å². The minimum atomic E-state index is -7.36. The van der Waals surface area contributed by atoms with Crippen molar-refractivity contribution in [3.8, 4) is 0 Å². The Morgan fingerprint density at radius 3 is 1.93 bits per heavy atom. The standard InChI is InChI=1S/C12H11F9O5S/c1-25-8(22)6-2-4-7(5-3-6)26-27(23,24)12(20,21)10(15,16)9(13,14)11(17,18)19/h4,6H,2-3,5H2,1H3. The van der Waals surface area contributed by atoms with Crippen LogP contribution in [0.15, 0.2) is 11.8 Å². The van der Waals surface area contributed by atoms with Crippen molar-refractivity contribution in [2.45, 2.75) is 42.5 Å². The second-order valence-corrected chi connectivity index (χ2v) is 6.95. The SMILES string of the molecule is COC(=O)C1CC=C(OS(=O)(=O)C(F)(F)C(F)(F)C(F)(F)C(F)(F)F)CC1. The molecule has 0 aromatic rings. The van der Waals surface area contributed by atoms with Crippen molar-refractivity contribution < 1.29 is 61.6 Å². The summed E-state index contributed by atoms with van der Waals surface area (Å²) in [4.78, 5) is 11.2. The van der Waals surface area contributed by atoms with Gasteiger partial charge in [0.15, 0.2) is 0 Å². The van der Waals surface area contributed by atoms with Gasteiger partial charge in [0, 0.05) is 6.42 Å². The number of hydrogen-bond donors (Lipinski definition) is 0. The Morgan fingerprint density at radius 1 is 1.04 bits per heavy atom. The number of carbonyl (C=O) groups excluding carboxylic acids is 1. The maximum atomic E-state index is 13.5. The molecule has 0 radical (unpaired) electrons. The predicted molar refractivity (Wildman–Crippen MR) is 68.3 cm³/mol. The van der Waals surface area contributed by atoms with Gasteiger partial charge in [0.25, 0.3) is 0 Å². The third-order valence-corrected chi connectivity index (χ3v) is 4.87. The van der Waals surface area contributed by atoms with Crippen molar-refractivity contribution in [2.75, 3.05) is 7.11 Å². The fraction of sp³-hybridized carbons (Fsp3) is 0.750. The first-order chi connectivity index (χ1) is 11.9. The van der Waals surface area contributed by atoms with Crippen molar-refractivity contribution in [3.63, 3.8) is 0 Å². The fourth-order valence-electron chi connectivity index (χ4n) is 1.98. The molecule has 1 aliphatic carbocycles. The number of hydrogen-bond acceptors (Lipinski definition) is 5. The van der Waals surface area contributed by atoms with Crippen LogP contribution < -0.4 is 0 Å². The number of alkyl halides is 9. The lowest BCUT2D eigenvalue weighted by molar-refractivity contribution is -0.382. The molecule has 1 atom stereocenters. The lowest BCUT2D eigenvalue weighted by Crippen LogP contribution is -2.63. The molecule has 1 aliphatic rings. The first-order valence-corrected chi connectivity index (χ1v) is 8.24. The maximum Gasteiger partial charge on any atom is 0.460 e. The summed E-state index contributed by atoms with van der Waals surface area (Å²) in [6.07, 6.45) is -7.56. The lowest BCUT2D eigenvalue weighted by Gasteiger charge is -2.33. The van der Waals surface area contributed by atoms with Crippen LogP contribution in [0.2, 0.25) is 0 Å². The molecule has 0 heterocycles. The quantitative estimate of drug-likeness (QED) is 0.360. The van der Waals surface area contributed by atoms with Crippen LogP contribution in [-0.2, 0) is 23.8 Å². The number of esters is 1. The van der Waals surface area contributed by atoms with Gasteiger partial charge in [-0.2, -0.15) is 47.9 Å². The molecule has 0 saturated carbocycles. The Hall–Kier alpha value is -1.67. The van der Waals surface area contributed by atoms with Gasteiger partial charge >= 0.3 is 39.4 Å². The van der Waals surface area contributed by atoms with E-state index in [0.29, 0.717) is 0 Å². The van der Waals surface area contributed by atoms with E-state index in [1.165, 1.54) is 0 Å². The van der Waals surface area contributed by atoms with E-state index in [-0.39, 0.29) is 12.8 Å². The molecule has 5 nitrogen and oxygen atoms in total. The van der Waals surface area contributed by atoms with Crippen molar-refractivity contribution >= 4 is 16.1 Å². The molecule has 0 bridgehead atoms.